The van der Waals surface area contributed by atoms with Gasteiger partial charge in [-0.25, -0.2) is 8.42 Å². The zero-order valence-corrected chi connectivity index (χ0v) is 12.6. The minimum atomic E-state index is -4.61. The Morgan fingerprint density at radius 3 is 2.52 bits per heavy atom. The first-order valence-electron chi connectivity index (χ1n) is 5.50. The van der Waals surface area contributed by atoms with Crippen LogP contribution in [0, 0.1) is 0 Å². The number of sulfonamides is 1. The van der Waals surface area contributed by atoms with Crippen molar-refractivity contribution in [2.75, 3.05) is 4.72 Å². The molecule has 0 spiro atoms. The van der Waals surface area contributed by atoms with Crippen LogP contribution in [0.3, 0.4) is 0 Å². The Morgan fingerprint density at radius 2 is 1.90 bits per heavy atom. The van der Waals surface area contributed by atoms with E-state index in [1.807, 2.05) is 0 Å². The van der Waals surface area contributed by atoms with Crippen molar-refractivity contribution in [3.63, 3.8) is 0 Å². The Balaban J connectivity index is 2.39. The van der Waals surface area contributed by atoms with Crippen molar-refractivity contribution in [1.29, 1.82) is 0 Å². The molecule has 0 bridgehead atoms. The molecule has 0 radical (unpaired) electrons. The fraction of sp³-hybridized carbons (Fsp3) is 0.0833. The lowest BCUT2D eigenvalue weighted by atomic mass is 10.2. The van der Waals surface area contributed by atoms with E-state index in [0.717, 1.165) is 18.2 Å². The summed E-state index contributed by atoms with van der Waals surface area (Å²) in [6, 6.07) is 4.90. The number of nitrogens with zero attached hydrogens (tertiary/aromatic N) is 1. The van der Waals surface area contributed by atoms with Crippen molar-refractivity contribution in [2.45, 2.75) is 11.1 Å². The van der Waals surface area contributed by atoms with Gasteiger partial charge in [-0.2, -0.15) is 13.2 Å². The quantitative estimate of drug-likeness (QED) is 0.883. The molecule has 112 valence electrons. The second kappa shape index (κ2) is 5.64. The molecule has 0 unspecified atom stereocenters. The largest absolute Gasteiger partial charge is 0.416 e. The first-order chi connectivity index (χ1) is 9.70. The minimum Gasteiger partial charge on any atom is -0.278 e. The van der Waals surface area contributed by atoms with Gasteiger partial charge in [-0.1, -0.05) is 6.07 Å². The van der Waals surface area contributed by atoms with Gasteiger partial charge in [-0.3, -0.25) is 9.71 Å². The number of anilines is 1. The predicted octanol–water partition coefficient (Wildman–Crippen LogP) is 3.66. The third kappa shape index (κ3) is 3.73. The summed E-state index contributed by atoms with van der Waals surface area (Å²) in [5, 5.41) is 0. The van der Waals surface area contributed by atoms with Crippen molar-refractivity contribution in [1.82, 2.24) is 4.98 Å². The topological polar surface area (TPSA) is 59.1 Å². The standard InChI is InChI=1S/C12H8BrF3N2O2S/c13-10-7-17-5-4-11(10)18-21(19,20)9-3-1-2-8(6-9)12(14,15)16/h1-7H,(H,17,18). The molecule has 0 saturated heterocycles. The van der Waals surface area contributed by atoms with Crippen molar-refractivity contribution in [3.8, 4) is 0 Å². The Bertz CT molecular complexity index is 763. The van der Waals surface area contributed by atoms with Gasteiger partial charge >= 0.3 is 6.18 Å². The van der Waals surface area contributed by atoms with Crippen molar-refractivity contribution >= 4 is 31.6 Å². The predicted molar refractivity (Wildman–Crippen MR) is 74.2 cm³/mol. The van der Waals surface area contributed by atoms with Gasteiger partial charge in [0.05, 0.1) is 20.6 Å². The van der Waals surface area contributed by atoms with E-state index in [0.29, 0.717) is 10.5 Å². The van der Waals surface area contributed by atoms with Gasteiger partial charge in [0, 0.05) is 12.4 Å². The third-order valence-corrected chi connectivity index (χ3v) is 4.48. The van der Waals surface area contributed by atoms with E-state index in [4.69, 9.17) is 0 Å². The highest BCUT2D eigenvalue weighted by molar-refractivity contribution is 9.10. The Hall–Kier alpha value is -1.61. The minimum absolute atomic E-state index is 0.183. The lowest BCUT2D eigenvalue weighted by Gasteiger charge is -2.11. The molecule has 0 atom stereocenters. The van der Waals surface area contributed by atoms with Crippen LogP contribution in [0.5, 0.6) is 0 Å². The van der Waals surface area contributed by atoms with Gasteiger partial charge in [-0.15, -0.1) is 0 Å². The van der Waals surface area contributed by atoms with Crippen LogP contribution < -0.4 is 4.72 Å². The number of rotatable bonds is 3. The monoisotopic (exact) mass is 380 g/mol. The average Bonchev–Trinajstić information content (AvgIpc) is 2.40. The maximum Gasteiger partial charge on any atom is 0.416 e. The maximum atomic E-state index is 12.6. The highest BCUT2D eigenvalue weighted by Gasteiger charge is 2.31. The molecule has 0 aliphatic carbocycles. The number of alkyl halides is 3. The van der Waals surface area contributed by atoms with Gasteiger partial charge in [-0.05, 0) is 40.2 Å². The molecular formula is C12H8BrF3N2O2S. The van der Waals surface area contributed by atoms with Gasteiger partial charge in [0.25, 0.3) is 10.0 Å². The number of benzene rings is 1. The molecule has 0 saturated carbocycles. The Kier molecular flexibility index (Phi) is 4.24. The molecule has 9 heteroatoms. The Morgan fingerprint density at radius 1 is 1.19 bits per heavy atom. The van der Waals surface area contributed by atoms with E-state index in [1.165, 1.54) is 18.5 Å². The summed E-state index contributed by atoms with van der Waals surface area (Å²) in [4.78, 5) is 3.29. The molecule has 1 N–H and O–H groups in total. The van der Waals surface area contributed by atoms with E-state index >= 15 is 0 Å². The summed E-state index contributed by atoms with van der Waals surface area (Å²) in [6.07, 6.45) is -1.89. The van der Waals surface area contributed by atoms with Gasteiger partial charge in [0.15, 0.2) is 0 Å². The summed E-state index contributed by atoms with van der Waals surface area (Å²) in [6.45, 7) is 0. The maximum absolute atomic E-state index is 12.6. The number of aromatic nitrogens is 1. The molecule has 0 amide bonds. The molecule has 4 nitrogen and oxygen atoms in total. The number of hydrogen-bond donors (Lipinski definition) is 1. The van der Waals surface area contributed by atoms with Gasteiger partial charge in [0.1, 0.15) is 0 Å². The smallest absolute Gasteiger partial charge is 0.278 e. The lowest BCUT2D eigenvalue weighted by molar-refractivity contribution is -0.137. The molecule has 0 aliphatic rings. The van der Waals surface area contributed by atoms with Crippen LogP contribution in [-0.4, -0.2) is 13.4 Å². The van der Waals surface area contributed by atoms with Crippen LogP contribution in [-0.2, 0) is 16.2 Å². The van der Waals surface area contributed by atoms with Crippen LogP contribution >= 0.6 is 15.9 Å². The molecule has 0 fully saturated rings. The summed E-state index contributed by atoms with van der Waals surface area (Å²) in [5.74, 6) is 0. The Labute approximate surface area is 127 Å². The molecule has 0 aliphatic heterocycles. The van der Waals surface area contributed by atoms with Crippen LogP contribution in [0.1, 0.15) is 5.56 Å². The van der Waals surface area contributed by atoms with Crippen LogP contribution in [0.2, 0.25) is 0 Å². The van der Waals surface area contributed by atoms with Crippen molar-refractivity contribution in [2.24, 2.45) is 0 Å². The first kappa shape index (κ1) is 15.8. The van der Waals surface area contributed by atoms with E-state index in [2.05, 4.69) is 25.6 Å². The summed E-state index contributed by atoms with van der Waals surface area (Å²) < 4.78 is 64.6. The zero-order valence-electron chi connectivity index (χ0n) is 10.2. The highest BCUT2D eigenvalue weighted by atomic mass is 79.9. The summed E-state index contributed by atoms with van der Waals surface area (Å²) in [7, 11) is -4.13. The van der Waals surface area contributed by atoms with Gasteiger partial charge < -0.3 is 0 Å². The molecule has 1 aromatic heterocycles. The second-order valence-electron chi connectivity index (χ2n) is 3.99. The van der Waals surface area contributed by atoms with Crippen LogP contribution in [0.4, 0.5) is 18.9 Å². The van der Waals surface area contributed by atoms with E-state index in [1.54, 1.807) is 0 Å². The number of halogens is 4. The first-order valence-corrected chi connectivity index (χ1v) is 7.77. The molecular weight excluding hydrogens is 373 g/mol. The molecule has 2 aromatic rings. The van der Waals surface area contributed by atoms with Crippen molar-refractivity contribution < 1.29 is 21.6 Å². The number of nitrogens with one attached hydrogen (secondary N) is 1. The lowest BCUT2D eigenvalue weighted by Crippen LogP contribution is -2.15. The number of pyridine rings is 1. The SMILES string of the molecule is O=S(=O)(Nc1ccncc1Br)c1cccc(C(F)(F)F)c1. The second-order valence-corrected chi connectivity index (χ2v) is 6.52. The summed E-state index contributed by atoms with van der Waals surface area (Å²) >= 11 is 3.10. The van der Waals surface area contributed by atoms with Gasteiger partial charge in [0.2, 0.25) is 0 Å². The molecule has 1 aromatic carbocycles. The molecule has 21 heavy (non-hydrogen) atoms. The summed E-state index contributed by atoms with van der Waals surface area (Å²) in [5.41, 5.74) is -0.846. The van der Waals surface area contributed by atoms with Crippen LogP contribution in [0.15, 0.2) is 52.1 Å². The van der Waals surface area contributed by atoms with Crippen LogP contribution in [0.25, 0.3) is 0 Å². The third-order valence-electron chi connectivity index (χ3n) is 2.49. The normalized spacial score (nSPS) is 12.2. The fourth-order valence-electron chi connectivity index (χ4n) is 1.50. The zero-order chi connectivity index (χ0) is 15.7. The fourth-order valence-corrected chi connectivity index (χ4v) is 3.11. The average molecular weight is 381 g/mol. The molecule has 2 rings (SSSR count). The van der Waals surface area contributed by atoms with E-state index in [-0.39, 0.29) is 5.69 Å². The molecule has 1 heterocycles. The van der Waals surface area contributed by atoms with E-state index < -0.39 is 26.7 Å². The van der Waals surface area contributed by atoms with Crippen molar-refractivity contribution in [3.05, 3.63) is 52.8 Å². The van der Waals surface area contributed by atoms with E-state index in [9.17, 15) is 21.6 Å². The number of hydrogen-bond acceptors (Lipinski definition) is 3. The highest BCUT2D eigenvalue weighted by Crippen LogP contribution is 2.31.